The molecule has 2 N–H and O–H groups in total. The van der Waals surface area contributed by atoms with Crippen LogP contribution in [-0.2, 0) is 4.79 Å². The first-order chi connectivity index (χ1) is 8.66. The predicted molar refractivity (Wildman–Crippen MR) is 70.5 cm³/mol. The molecular weight excluding hydrogens is 275 g/mol. The van der Waals surface area contributed by atoms with Crippen LogP contribution in [0, 0.1) is 0 Å². The summed E-state index contributed by atoms with van der Waals surface area (Å²) in [5.41, 5.74) is 0.664. The first-order valence-electron chi connectivity index (χ1n) is 4.95. The fraction of sp³-hybridized carbons (Fsp3) is 0. The maximum absolute atomic E-state index is 11.5. The molecule has 0 aliphatic heterocycles. The lowest BCUT2D eigenvalue weighted by Gasteiger charge is -2.00. The summed E-state index contributed by atoms with van der Waals surface area (Å²) in [6.45, 7) is 0. The highest BCUT2D eigenvalue weighted by atomic mass is 35.5. The summed E-state index contributed by atoms with van der Waals surface area (Å²) in [6.07, 6.45) is 4.20. The van der Waals surface area contributed by atoms with Gasteiger partial charge >= 0.3 is 0 Å². The lowest BCUT2D eigenvalue weighted by molar-refractivity contribution is -0.111. The number of carbonyl (C=O) groups excluding carboxylic acids is 1. The number of hydrogen-bond donors (Lipinski definition) is 2. The molecular formula is C11H8Cl2N4O. The van der Waals surface area contributed by atoms with Gasteiger partial charge < -0.3 is 0 Å². The van der Waals surface area contributed by atoms with E-state index in [0.29, 0.717) is 15.6 Å². The highest BCUT2D eigenvalue weighted by Gasteiger charge is 2.03. The average molecular weight is 283 g/mol. The molecule has 2 rings (SSSR count). The lowest BCUT2D eigenvalue weighted by atomic mass is 10.2. The van der Waals surface area contributed by atoms with Gasteiger partial charge in [-0.05, 0) is 17.7 Å². The summed E-state index contributed by atoms with van der Waals surface area (Å²) in [5, 5.41) is 9.46. The molecule has 1 aromatic carbocycles. The van der Waals surface area contributed by atoms with Crippen molar-refractivity contribution in [2.24, 2.45) is 0 Å². The minimum Gasteiger partial charge on any atom is -0.291 e. The van der Waals surface area contributed by atoms with E-state index in [9.17, 15) is 4.79 Å². The van der Waals surface area contributed by atoms with Gasteiger partial charge in [-0.15, -0.1) is 0 Å². The molecule has 1 heterocycles. The summed E-state index contributed by atoms with van der Waals surface area (Å²) in [7, 11) is 0. The monoisotopic (exact) mass is 282 g/mol. The van der Waals surface area contributed by atoms with Crippen molar-refractivity contribution >= 4 is 41.1 Å². The second-order valence-corrected chi connectivity index (χ2v) is 4.08. The molecule has 0 unspecified atom stereocenters. The van der Waals surface area contributed by atoms with Crippen LogP contribution >= 0.6 is 23.2 Å². The molecule has 0 fully saturated rings. The van der Waals surface area contributed by atoms with Gasteiger partial charge in [-0.2, -0.15) is 10.1 Å². The number of aromatic amines is 1. The average Bonchev–Trinajstić information content (AvgIpc) is 2.84. The Labute approximate surface area is 113 Å². The van der Waals surface area contributed by atoms with Crippen molar-refractivity contribution in [2.45, 2.75) is 0 Å². The van der Waals surface area contributed by atoms with Gasteiger partial charge in [0.1, 0.15) is 6.33 Å². The smallest absolute Gasteiger partial charge is 0.250 e. The van der Waals surface area contributed by atoms with Crippen LogP contribution in [0.4, 0.5) is 5.95 Å². The van der Waals surface area contributed by atoms with E-state index in [4.69, 9.17) is 23.2 Å². The number of hydrogen-bond acceptors (Lipinski definition) is 3. The third kappa shape index (κ3) is 3.09. The van der Waals surface area contributed by atoms with Gasteiger partial charge in [-0.3, -0.25) is 10.1 Å². The molecule has 5 nitrogen and oxygen atoms in total. The van der Waals surface area contributed by atoms with Crippen molar-refractivity contribution in [2.75, 3.05) is 5.32 Å². The number of amides is 1. The molecule has 0 saturated heterocycles. The molecule has 0 aliphatic carbocycles. The minimum atomic E-state index is -0.345. The van der Waals surface area contributed by atoms with Crippen LogP contribution in [0.25, 0.3) is 6.08 Å². The van der Waals surface area contributed by atoms with E-state index >= 15 is 0 Å². The number of nitrogens with zero attached hydrogens (tertiary/aromatic N) is 2. The number of anilines is 1. The summed E-state index contributed by atoms with van der Waals surface area (Å²) < 4.78 is 0. The van der Waals surface area contributed by atoms with Gasteiger partial charge in [-0.25, -0.2) is 5.10 Å². The Hall–Kier alpha value is -1.85. The molecule has 2 aromatic rings. The molecule has 0 spiro atoms. The first kappa shape index (κ1) is 12.6. The number of nitrogens with one attached hydrogen (secondary N) is 2. The van der Waals surface area contributed by atoms with Crippen LogP contribution in [0.15, 0.2) is 30.6 Å². The standard InChI is InChI=1S/C11H8Cl2N4O/c12-8-3-1-2-7(10(8)13)4-5-9(18)16-11-14-6-15-17-11/h1-6H,(H2,14,15,16,17,18)/b5-4+. The van der Waals surface area contributed by atoms with Gasteiger partial charge in [-0.1, -0.05) is 35.3 Å². The quantitative estimate of drug-likeness (QED) is 0.851. The number of rotatable bonds is 3. The zero-order valence-corrected chi connectivity index (χ0v) is 10.5. The molecule has 0 aliphatic rings. The number of halogens is 2. The fourth-order valence-corrected chi connectivity index (χ4v) is 1.61. The summed E-state index contributed by atoms with van der Waals surface area (Å²) in [4.78, 5) is 15.3. The highest BCUT2D eigenvalue weighted by molar-refractivity contribution is 6.42. The van der Waals surface area contributed by atoms with Gasteiger partial charge in [0, 0.05) is 6.08 Å². The Bertz CT molecular complexity index is 581. The number of carbonyl (C=O) groups is 1. The van der Waals surface area contributed by atoms with E-state index in [1.165, 1.54) is 12.4 Å². The van der Waals surface area contributed by atoms with Crippen LogP contribution in [0.3, 0.4) is 0 Å². The second kappa shape index (κ2) is 5.66. The summed E-state index contributed by atoms with van der Waals surface area (Å²) in [6, 6.07) is 5.19. The Balaban J connectivity index is 2.06. The Kier molecular flexibility index (Phi) is 3.96. The minimum absolute atomic E-state index is 0.279. The van der Waals surface area contributed by atoms with Crippen molar-refractivity contribution in [3.63, 3.8) is 0 Å². The largest absolute Gasteiger partial charge is 0.291 e. The maximum Gasteiger partial charge on any atom is 0.250 e. The third-order valence-corrected chi connectivity index (χ3v) is 2.89. The maximum atomic E-state index is 11.5. The Morgan fingerprint density at radius 1 is 1.39 bits per heavy atom. The van der Waals surface area contributed by atoms with E-state index in [1.54, 1.807) is 24.3 Å². The van der Waals surface area contributed by atoms with E-state index in [1.807, 2.05) is 0 Å². The second-order valence-electron chi connectivity index (χ2n) is 3.30. The number of aromatic nitrogens is 3. The van der Waals surface area contributed by atoms with Crippen LogP contribution in [-0.4, -0.2) is 21.1 Å². The normalized spacial score (nSPS) is 10.8. The third-order valence-electron chi connectivity index (χ3n) is 2.05. The van der Waals surface area contributed by atoms with E-state index in [0.717, 1.165) is 0 Å². The van der Waals surface area contributed by atoms with Crippen molar-refractivity contribution in [3.05, 3.63) is 46.2 Å². The lowest BCUT2D eigenvalue weighted by Crippen LogP contribution is -2.08. The summed E-state index contributed by atoms with van der Waals surface area (Å²) in [5.74, 6) is -0.0652. The first-order valence-corrected chi connectivity index (χ1v) is 5.71. The molecule has 1 aromatic heterocycles. The van der Waals surface area contributed by atoms with E-state index in [2.05, 4.69) is 20.5 Å². The van der Waals surface area contributed by atoms with E-state index < -0.39 is 0 Å². The van der Waals surface area contributed by atoms with Crippen molar-refractivity contribution in [1.82, 2.24) is 15.2 Å². The van der Waals surface area contributed by atoms with Crippen molar-refractivity contribution in [3.8, 4) is 0 Å². The Morgan fingerprint density at radius 2 is 2.22 bits per heavy atom. The topological polar surface area (TPSA) is 70.7 Å². The van der Waals surface area contributed by atoms with Crippen LogP contribution < -0.4 is 5.32 Å². The van der Waals surface area contributed by atoms with Gasteiger partial charge in [0.05, 0.1) is 10.0 Å². The van der Waals surface area contributed by atoms with Gasteiger partial charge in [0.2, 0.25) is 5.95 Å². The highest BCUT2D eigenvalue weighted by Crippen LogP contribution is 2.26. The zero-order valence-electron chi connectivity index (χ0n) is 9.02. The molecule has 18 heavy (non-hydrogen) atoms. The summed E-state index contributed by atoms with van der Waals surface area (Å²) >= 11 is 11.8. The predicted octanol–water partition coefficient (Wildman–Crippen LogP) is 2.76. The SMILES string of the molecule is O=C(/C=C/c1cccc(Cl)c1Cl)Nc1ncn[nH]1. The van der Waals surface area contributed by atoms with Gasteiger partial charge in [0.15, 0.2) is 0 Å². The van der Waals surface area contributed by atoms with Crippen molar-refractivity contribution < 1.29 is 4.79 Å². The molecule has 0 saturated carbocycles. The molecule has 0 radical (unpaired) electrons. The van der Waals surface area contributed by atoms with E-state index in [-0.39, 0.29) is 11.9 Å². The molecule has 92 valence electrons. The molecule has 1 amide bonds. The van der Waals surface area contributed by atoms with Crippen LogP contribution in [0.2, 0.25) is 10.0 Å². The molecule has 0 bridgehead atoms. The van der Waals surface area contributed by atoms with Gasteiger partial charge in [0.25, 0.3) is 5.91 Å². The Morgan fingerprint density at radius 3 is 2.94 bits per heavy atom. The van der Waals surface area contributed by atoms with Crippen molar-refractivity contribution in [1.29, 1.82) is 0 Å². The fourth-order valence-electron chi connectivity index (χ4n) is 1.24. The number of benzene rings is 1. The van der Waals surface area contributed by atoms with Crippen LogP contribution in [0.5, 0.6) is 0 Å². The molecule has 7 heteroatoms. The number of H-pyrrole nitrogens is 1. The molecule has 0 atom stereocenters. The zero-order chi connectivity index (χ0) is 13.0. The van der Waals surface area contributed by atoms with Crippen LogP contribution in [0.1, 0.15) is 5.56 Å².